The van der Waals surface area contributed by atoms with Gasteiger partial charge in [-0.1, -0.05) is 20.8 Å². The molecule has 1 aliphatic rings. The lowest BCUT2D eigenvalue weighted by molar-refractivity contribution is -0.137. The molecule has 1 amide bonds. The number of nitrogens with one attached hydrogen (secondary N) is 1. The van der Waals surface area contributed by atoms with Gasteiger partial charge in [0, 0.05) is 19.4 Å². The third kappa shape index (κ3) is 6.40. The average Bonchev–Trinajstić information content (AvgIpc) is 2.34. The molecule has 0 saturated heterocycles. The number of amides is 1. The molecule has 20 heavy (non-hydrogen) atoms. The zero-order chi connectivity index (χ0) is 15.2. The van der Waals surface area contributed by atoms with Crippen LogP contribution in [0, 0.1) is 17.3 Å². The zero-order valence-corrected chi connectivity index (χ0v) is 13.1. The maximum atomic E-state index is 11.8. The number of hydrogen-bond acceptors (Lipinski definition) is 2. The molecular weight excluding hydrogens is 254 g/mol. The summed E-state index contributed by atoms with van der Waals surface area (Å²) in [6.07, 6.45) is 5.97. The number of carbonyl (C=O) groups is 2. The molecule has 4 heteroatoms. The molecule has 0 atom stereocenters. The fourth-order valence-electron chi connectivity index (χ4n) is 3.03. The van der Waals surface area contributed by atoms with E-state index in [0.717, 1.165) is 18.8 Å². The topological polar surface area (TPSA) is 66.4 Å². The number of carboxylic acid groups (broad SMARTS) is 1. The van der Waals surface area contributed by atoms with Crippen LogP contribution in [-0.4, -0.2) is 23.5 Å². The van der Waals surface area contributed by atoms with Gasteiger partial charge in [0.1, 0.15) is 0 Å². The predicted octanol–water partition coefficient (Wildman–Crippen LogP) is 3.21. The molecule has 0 aromatic carbocycles. The van der Waals surface area contributed by atoms with Crippen LogP contribution in [0.15, 0.2) is 0 Å². The van der Waals surface area contributed by atoms with Gasteiger partial charge in [0.05, 0.1) is 0 Å². The minimum atomic E-state index is -0.806. The summed E-state index contributed by atoms with van der Waals surface area (Å²) in [6, 6.07) is 0. The van der Waals surface area contributed by atoms with Gasteiger partial charge in [-0.15, -0.1) is 0 Å². The summed E-state index contributed by atoms with van der Waals surface area (Å²) in [5.41, 5.74) is 0.379. The van der Waals surface area contributed by atoms with Crippen molar-refractivity contribution in [2.45, 2.75) is 65.7 Å². The van der Waals surface area contributed by atoms with Crippen molar-refractivity contribution in [3.8, 4) is 0 Å². The summed E-state index contributed by atoms with van der Waals surface area (Å²) in [4.78, 5) is 22.1. The zero-order valence-electron chi connectivity index (χ0n) is 13.1. The molecule has 1 rings (SSSR count). The van der Waals surface area contributed by atoms with Crippen molar-refractivity contribution in [1.82, 2.24) is 5.32 Å². The SMILES string of the molecule is CC(C)(C)C1CCC(CC(=O)NCCCC(=O)O)CC1. The van der Waals surface area contributed by atoms with Gasteiger partial charge in [0.25, 0.3) is 0 Å². The van der Waals surface area contributed by atoms with E-state index in [1.807, 2.05) is 0 Å². The Morgan fingerprint density at radius 1 is 1.15 bits per heavy atom. The molecule has 4 nitrogen and oxygen atoms in total. The summed E-state index contributed by atoms with van der Waals surface area (Å²) < 4.78 is 0. The van der Waals surface area contributed by atoms with Crippen LogP contribution in [0.1, 0.15) is 65.7 Å². The largest absolute Gasteiger partial charge is 0.481 e. The summed E-state index contributed by atoms with van der Waals surface area (Å²) in [6.45, 7) is 7.37. The molecule has 0 aliphatic heterocycles. The van der Waals surface area contributed by atoms with E-state index in [9.17, 15) is 9.59 Å². The van der Waals surface area contributed by atoms with Crippen molar-refractivity contribution in [3.63, 3.8) is 0 Å². The third-order valence-electron chi connectivity index (χ3n) is 4.44. The Morgan fingerprint density at radius 3 is 2.25 bits per heavy atom. The highest BCUT2D eigenvalue weighted by molar-refractivity contribution is 5.76. The second kappa shape index (κ2) is 7.65. The molecule has 0 heterocycles. The minimum Gasteiger partial charge on any atom is -0.481 e. The van der Waals surface area contributed by atoms with Crippen LogP contribution >= 0.6 is 0 Å². The Kier molecular flexibility index (Phi) is 6.50. The summed E-state index contributed by atoms with van der Waals surface area (Å²) in [5.74, 6) is 0.555. The highest BCUT2D eigenvalue weighted by Crippen LogP contribution is 2.40. The highest BCUT2D eigenvalue weighted by atomic mass is 16.4. The summed E-state index contributed by atoms with van der Waals surface area (Å²) in [5, 5.41) is 11.3. The molecular formula is C16H29NO3. The van der Waals surface area contributed by atoms with E-state index in [2.05, 4.69) is 26.1 Å². The number of carboxylic acids is 1. The lowest BCUT2D eigenvalue weighted by Crippen LogP contribution is -2.30. The Balaban J connectivity index is 2.17. The molecule has 116 valence electrons. The van der Waals surface area contributed by atoms with Crippen LogP contribution in [-0.2, 0) is 9.59 Å². The smallest absolute Gasteiger partial charge is 0.303 e. The molecule has 0 aromatic heterocycles. The van der Waals surface area contributed by atoms with E-state index >= 15 is 0 Å². The molecule has 1 saturated carbocycles. The second-order valence-corrected chi connectivity index (χ2v) is 7.14. The van der Waals surface area contributed by atoms with Gasteiger partial charge in [0.15, 0.2) is 0 Å². The van der Waals surface area contributed by atoms with E-state index in [4.69, 9.17) is 5.11 Å². The maximum Gasteiger partial charge on any atom is 0.303 e. The summed E-state index contributed by atoms with van der Waals surface area (Å²) >= 11 is 0. The van der Waals surface area contributed by atoms with Crippen LogP contribution in [0.5, 0.6) is 0 Å². The number of hydrogen-bond donors (Lipinski definition) is 2. The van der Waals surface area contributed by atoms with Crippen molar-refractivity contribution in [2.24, 2.45) is 17.3 Å². The van der Waals surface area contributed by atoms with Crippen LogP contribution in [0.2, 0.25) is 0 Å². The van der Waals surface area contributed by atoms with Crippen molar-refractivity contribution < 1.29 is 14.7 Å². The molecule has 0 bridgehead atoms. The van der Waals surface area contributed by atoms with Crippen LogP contribution in [0.3, 0.4) is 0 Å². The monoisotopic (exact) mass is 283 g/mol. The van der Waals surface area contributed by atoms with E-state index in [0.29, 0.717) is 30.7 Å². The molecule has 0 aromatic rings. The Bertz CT molecular complexity index is 325. The quantitative estimate of drug-likeness (QED) is 0.736. The Hall–Kier alpha value is -1.06. The standard InChI is InChI=1S/C16H29NO3/c1-16(2,3)13-8-6-12(7-9-13)11-14(18)17-10-4-5-15(19)20/h12-13H,4-11H2,1-3H3,(H,17,18)(H,19,20). The predicted molar refractivity (Wildman–Crippen MR) is 79.4 cm³/mol. The van der Waals surface area contributed by atoms with E-state index in [-0.39, 0.29) is 12.3 Å². The van der Waals surface area contributed by atoms with Gasteiger partial charge in [0.2, 0.25) is 5.91 Å². The van der Waals surface area contributed by atoms with Crippen LogP contribution in [0.25, 0.3) is 0 Å². The first kappa shape index (κ1) is 17.0. The number of rotatable bonds is 6. The van der Waals surface area contributed by atoms with Gasteiger partial charge < -0.3 is 10.4 Å². The van der Waals surface area contributed by atoms with E-state index in [1.54, 1.807) is 0 Å². The van der Waals surface area contributed by atoms with Crippen molar-refractivity contribution >= 4 is 11.9 Å². The molecule has 1 fully saturated rings. The Morgan fingerprint density at radius 2 is 1.75 bits per heavy atom. The van der Waals surface area contributed by atoms with Gasteiger partial charge in [-0.25, -0.2) is 0 Å². The second-order valence-electron chi connectivity index (χ2n) is 7.14. The van der Waals surface area contributed by atoms with Crippen molar-refractivity contribution in [1.29, 1.82) is 0 Å². The lowest BCUT2D eigenvalue weighted by atomic mass is 9.69. The molecule has 0 unspecified atom stereocenters. The highest BCUT2D eigenvalue weighted by Gasteiger charge is 2.30. The molecule has 1 aliphatic carbocycles. The van der Waals surface area contributed by atoms with E-state index < -0.39 is 5.97 Å². The van der Waals surface area contributed by atoms with Gasteiger partial charge in [-0.3, -0.25) is 9.59 Å². The van der Waals surface area contributed by atoms with Crippen LogP contribution < -0.4 is 5.32 Å². The first-order valence-electron chi connectivity index (χ1n) is 7.77. The van der Waals surface area contributed by atoms with Crippen LogP contribution in [0.4, 0.5) is 0 Å². The number of carbonyl (C=O) groups excluding carboxylic acids is 1. The lowest BCUT2D eigenvalue weighted by Gasteiger charge is -2.36. The third-order valence-corrected chi connectivity index (χ3v) is 4.44. The van der Waals surface area contributed by atoms with Crippen molar-refractivity contribution in [3.05, 3.63) is 0 Å². The molecule has 2 N–H and O–H groups in total. The molecule has 0 spiro atoms. The fraction of sp³-hybridized carbons (Fsp3) is 0.875. The van der Waals surface area contributed by atoms with E-state index in [1.165, 1.54) is 12.8 Å². The normalized spacial score (nSPS) is 23.4. The minimum absolute atomic E-state index is 0.0783. The van der Waals surface area contributed by atoms with Gasteiger partial charge in [-0.2, -0.15) is 0 Å². The first-order valence-corrected chi connectivity index (χ1v) is 7.77. The molecule has 0 radical (unpaired) electrons. The van der Waals surface area contributed by atoms with Gasteiger partial charge in [-0.05, 0) is 49.4 Å². The Labute approximate surface area is 122 Å². The maximum absolute atomic E-state index is 11.8. The summed E-state index contributed by atoms with van der Waals surface area (Å²) in [7, 11) is 0. The van der Waals surface area contributed by atoms with Gasteiger partial charge >= 0.3 is 5.97 Å². The fourth-order valence-corrected chi connectivity index (χ4v) is 3.03. The number of aliphatic carboxylic acids is 1. The average molecular weight is 283 g/mol. The first-order chi connectivity index (χ1) is 9.29. The van der Waals surface area contributed by atoms with Crippen molar-refractivity contribution in [2.75, 3.05) is 6.54 Å².